The Bertz CT molecular complexity index is 1850. The van der Waals surface area contributed by atoms with Crippen molar-refractivity contribution in [2.45, 2.75) is 56.0 Å². The van der Waals surface area contributed by atoms with Crippen molar-refractivity contribution in [2.24, 2.45) is 0 Å². The third-order valence-electron chi connectivity index (χ3n) is 10.1. The van der Waals surface area contributed by atoms with Crippen LogP contribution in [0.2, 0.25) is 0 Å². The molecule has 4 aliphatic heterocycles. The number of nitrogens with zero attached hydrogens (tertiary/aromatic N) is 4. The minimum absolute atomic E-state index is 0.0425. The normalized spacial score (nSPS) is 25.7. The molecule has 0 radical (unpaired) electrons. The molecular weight excluding hydrogens is 590 g/mol. The molecule has 0 saturated carbocycles. The molecule has 4 saturated heterocycles. The lowest BCUT2D eigenvalue weighted by Crippen LogP contribution is -2.44. The average molecular weight is 627 g/mol. The summed E-state index contributed by atoms with van der Waals surface area (Å²) < 4.78 is 54.9. The largest absolute Gasteiger partial charge is 0.468 e. The summed E-state index contributed by atoms with van der Waals surface area (Å²) in [7, 11) is 1.55. The van der Waals surface area contributed by atoms with E-state index in [9.17, 15) is 4.39 Å². The summed E-state index contributed by atoms with van der Waals surface area (Å²) in [6, 6.07) is 13.0. The standard InChI is InChI=1S/C36H36F2N4O4/c1-3-22-6-4-7-23-14-27(45-21-43-2)15-30(31(22)23)28-10-11-29-33(32(28)38)39-35(40-34(29)41-18-25-8-9-26(19-41)46-25)44-20-36-12-5-13-42(36)17-24(37)16-36/h1,4,6-7,10-11,14-15,24-26H,5,8-9,12-13,16-21H2,2H3/t24-,25-,26+,36+/m1/s1. The van der Waals surface area contributed by atoms with Gasteiger partial charge in [0.15, 0.2) is 12.6 Å². The van der Waals surface area contributed by atoms with E-state index in [0.717, 1.165) is 43.0 Å². The van der Waals surface area contributed by atoms with Gasteiger partial charge < -0.3 is 23.8 Å². The van der Waals surface area contributed by atoms with Crippen molar-refractivity contribution < 1.29 is 27.7 Å². The molecule has 4 atom stereocenters. The molecule has 0 N–H and O–H groups in total. The van der Waals surface area contributed by atoms with Gasteiger partial charge in [-0.05, 0) is 67.4 Å². The van der Waals surface area contributed by atoms with E-state index < -0.39 is 12.0 Å². The molecule has 2 bridgehead atoms. The van der Waals surface area contributed by atoms with Gasteiger partial charge in [-0.2, -0.15) is 9.97 Å². The number of anilines is 1. The maximum atomic E-state index is 17.0. The SMILES string of the molecule is C#Cc1cccc2cc(OCOC)cc(-c3ccc4c(N5C[C@H]6CC[C@@H](C5)O6)nc(OC[C@@]56CCCN5C[C@H](F)C6)nc4c3F)c12. The second-order valence-electron chi connectivity index (χ2n) is 12.9. The van der Waals surface area contributed by atoms with Crippen molar-refractivity contribution in [3.63, 3.8) is 0 Å². The predicted octanol–water partition coefficient (Wildman–Crippen LogP) is 5.88. The van der Waals surface area contributed by atoms with Crippen molar-refractivity contribution in [3.8, 4) is 35.2 Å². The van der Waals surface area contributed by atoms with Gasteiger partial charge in [-0.1, -0.05) is 24.1 Å². The number of rotatable bonds is 8. The summed E-state index contributed by atoms with van der Waals surface area (Å²) in [5, 5.41) is 2.15. The summed E-state index contributed by atoms with van der Waals surface area (Å²) in [6.45, 7) is 2.87. The van der Waals surface area contributed by atoms with Crippen LogP contribution < -0.4 is 14.4 Å². The fraction of sp³-hybridized carbons (Fsp3) is 0.444. The van der Waals surface area contributed by atoms with Gasteiger partial charge in [0.2, 0.25) is 0 Å². The minimum Gasteiger partial charge on any atom is -0.468 e. The fourth-order valence-corrected chi connectivity index (χ4v) is 8.02. The molecule has 5 heterocycles. The molecule has 10 heteroatoms. The summed E-state index contributed by atoms with van der Waals surface area (Å²) >= 11 is 0. The van der Waals surface area contributed by atoms with Gasteiger partial charge in [0.1, 0.15) is 29.9 Å². The third kappa shape index (κ3) is 5.02. The number of hydrogen-bond donors (Lipinski definition) is 0. The average Bonchev–Trinajstić information content (AvgIpc) is 3.72. The van der Waals surface area contributed by atoms with Crippen LogP contribution in [0.15, 0.2) is 42.5 Å². The zero-order valence-corrected chi connectivity index (χ0v) is 25.8. The van der Waals surface area contributed by atoms with E-state index in [2.05, 4.69) is 20.7 Å². The number of methoxy groups -OCH3 is 1. The Kier molecular flexibility index (Phi) is 7.43. The Labute approximate surface area is 266 Å². The molecule has 46 heavy (non-hydrogen) atoms. The lowest BCUT2D eigenvalue weighted by Gasteiger charge is -2.34. The zero-order chi connectivity index (χ0) is 31.4. The smallest absolute Gasteiger partial charge is 0.319 e. The van der Waals surface area contributed by atoms with Crippen LogP contribution in [-0.2, 0) is 9.47 Å². The number of morpholine rings is 1. The summed E-state index contributed by atoms with van der Waals surface area (Å²) in [4.78, 5) is 13.9. The predicted molar refractivity (Wildman–Crippen MR) is 172 cm³/mol. The van der Waals surface area contributed by atoms with Crippen molar-refractivity contribution in [2.75, 3.05) is 51.6 Å². The first kappa shape index (κ1) is 29.4. The fourth-order valence-electron chi connectivity index (χ4n) is 8.02. The molecule has 238 valence electrons. The van der Waals surface area contributed by atoms with Gasteiger partial charge in [0.05, 0.1) is 17.7 Å². The quantitative estimate of drug-likeness (QED) is 0.178. The van der Waals surface area contributed by atoms with Crippen LogP contribution in [0, 0.1) is 18.2 Å². The monoisotopic (exact) mass is 626 g/mol. The van der Waals surface area contributed by atoms with Crippen molar-refractivity contribution >= 4 is 27.5 Å². The molecule has 0 spiro atoms. The number of terminal acetylenes is 1. The molecule has 4 aromatic rings. The number of aromatic nitrogens is 2. The third-order valence-corrected chi connectivity index (χ3v) is 10.1. The summed E-state index contributed by atoms with van der Waals surface area (Å²) in [5.41, 5.74) is 1.33. The van der Waals surface area contributed by atoms with Crippen LogP contribution in [-0.4, -0.2) is 85.5 Å². The topological polar surface area (TPSA) is 69.2 Å². The van der Waals surface area contributed by atoms with Gasteiger partial charge >= 0.3 is 6.01 Å². The van der Waals surface area contributed by atoms with Crippen LogP contribution in [0.4, 0.5) is 14.6 Å². The van der Waals surface area contributed by atoms with Gasteiger partial charge in [-0.25, -0.2) is 8.78 Å². The van der Waals surface area contributed by atoms with Crippen LogP contribution in [0.3, 0.4) is 0 Å². The lowest BCUT2D eigenvalue weighted by molar-refractivity contribution is 0.0302. The van der Waals surface area contributed by atoms with Crippen molar-refractivity contribution in [1.29, 1.82) is 0 Å². The number of alkyl halides is 1. The number of ether oxygens (including phenoxy) is 4. The maximum absolute atomic E-state index is 17.0. The molecule has 8 rings (SSSR count). The molecule has 0 amide bonds. The van der Waals surface area contributed by atoms with Crippen LogP contribution >= 0.6 is 0 Å². The summed E-state index contributed by atoms with van der Waals surface area (Å²) in [5.74, 6) is 3.39. The van der Waals surface area contributed by atoms with Crippen molar-refractivity contribution in [3.05, 3.63) is 53.8 Å². The van der Waals surface area contributed by atoms with Crippen LogP contribution in [0.1, 0.15) is 37.7 Å². The number of halogens is 2. The van der Waals surface area contributed by atoms with Crippen molar-refractivity contribution in [1.82, 2.24) is 14.9 Å². The van der Waals surface area contributed by atoms with E-state index in [1.165, 1.54) is 0 Å². The van der Waals surface area contributed by atoms with Gasteiger partial charge in [0.25, 0.3) is 0 Å². The van der Waals surface area contributed by atoms with E-state index in [0.29, 0.717) is 59.7 Å². The molecule has 0 aliphatic carbocycles. The molecule has 3 aromatic carbocycles. The molecular formula is C36H36F2N4O4. The van der Waals surface area contributed by atoms with Crippen LogP contribution in [0.5, 0.6) is 11.8 Å². The molecule has 8 nitrogen and oxygen atoms in total. The van der Waals surface area contributed by atoms with E-state index in [4.69, 9.17) is 30.4 Å². The minimum atomic E-state index is -0.882. The molecule has 4 aliphatic rings. The Morgan fingerprint density at radius 2 is 1.91 bits per heavy atom. The highest BCUT2D eigenvalue weighted by molar-refractivity contribution is 6.04. The van der Waals surface area contributed by atoms with E-state index >= 15 is 4.39 Å². The first-order valence-electron chi connectivity index (χ1n) is 16.0. The van der Waals surface area contributed by atoms with Gasteiger partial charge in [0, 0.05) is 55.1 Å². The zero-order valence-electron chi connectivity index (χ0n) is 25.8. The summed E-state index contributed by atoms with van der Waals surface area (Å²) in [6.07, 6.45) is 9.48. The number of benzene rings is 3. The Morgan fingerprint density at radius 3 is 2.72 bits per heavy atom. The molecule has 1 aromatic heterocycles. The number of hydrogen-bond acceptors (Lipinski definition) is 8. The maximum Gasteiger partial charge on any atom is 0.319 e. The Hall–Kier alpha value is -4.04. The second-order valence-corrected chi connectivity index (χ2v) is 12.9. The lowest BCUT2D eigenvalue weighted by atomic mass is 9.93. The second kappa shape index (κ2) is 11.6. The van der Waals surface area contributed by atoms with Crippen LogP contribution in [0.25, 0.3) is 32.8 Å². The number of fused-ring (bicyclic) bond motifs is 5. The van der Waals surface area contributed by atoms with E-state index in [-0.39, 0.29) is 42.7 Å². The highest BCUT2D eigenvalue weighted by atomic mass is 19.1. The molecule has 4 fully saturated rings. The highest BCUT2D eigenvalue weighted by Gasteiger charge is 2.49. The Morgan fingerprint density at radius 1 is 1.07 bits per heavy atom. The van der Waals surface area contributed by atoms with Gasteiger partial charge in [-0.15, -0.1) is 6.42 Å². The molecule has 0 unspecified atom stereocenters. The van der Waals surface area contributed by atoms with Gasteiger partial charge in [-0.3, -0.25) is 4.90 Å². The van der Waals surface area contributed by atoms with E-state index in [1.54, 1.807) is 19.2 Å². The first-order chi connectivity index (χ1) is 22.4. The highest BCUT2D eigenvalue weighted by Crippen LogP contribution is 2.42. The Balaban J connectivity index is 1.26. The first-order valence-corrected chi connectivity index (χ1v) is 16.0. The van der Waals surface area contributed by atoms with E-state index in [1.807, 2.05) is 30.3 Å².